The molecule has 4 aromatic rings. The maximum absolute atomic E-state index is 12.6. The van der Waals surface area contributed by atoms with Crippen molar-refractivity contribution in [3.63, 3.8) is 0 Å². The van der Waals surface area contributed by atoms with E-state index in [1.807, 2.05) is 84.9 Å². The molecule has 1 saturated heterocycles. The van der Waals surface area contributed by atoms with Crippen molar-refractivity contribution in [2.75, 3.05) is 13.7 Å². The van der Waals surface area contributed by atoms with Gasteiger partial charge in [-0.25, -0.2) is 4.79 Å². The molecule has 0 amide bonds. The van der Waals surface area contributed by atoms with Crippen LogP contribution in [0.15, 0.2) is 107 Å². The third kappa shape index (κ3) is 4.30. The molecule has 8 heteroatoms. The number of aliphatic hydroxyl groups excluding tert-OH is 1. The van der Waals surface area contributed by atoms with Gasteiger partial charge in [-0.2, -0.15) is 0 Å². The maximum atomic E-state index is 12.6. The molecule has 39 heavy (non-hydrogen) atoms. The highest BCUT2D eigenvalue weighted by Crippen LogP contribution is 2.62. The zero-order chi connectivity index (χ0) is 27.0. The molecule has 0 unspecified atom stereocenters. The van der Waals surface area contributed by atoms with Gasteiger partial charge >= 0.3 is 5.69 Å². The summed E-state index contributed by atoms with van der Waals surface area (Å²) in [6.45, 7) is 0.0628. The molecule has 0 radical (unpaired) electrons. The van der Waals surface area contributed by atoms with Gasteiger partial charge in [0.1, 0.15) is 23.7 Å². The van der Waals surface area contributed by atoms with Crippen LogP contribution in [0.3, 0.4) is 0 Å². The lowest BCUT2D eigenvalue weighted by molar-refractivity contribution is -0.0951. The molecule has 1 aliphatic heterocycles. The van der Waals surface area contributed by atoms with Gasteiger partial charge in [0.15, 0.2) is 0 Å². The molecule has 3 atom stereocenters. The Bertz CT molecular complexity index is 1500. The van der Waals surface area contributed by atoms with E-state index in [2.05, 4.69) is 4.98 Å². The topological polar surface area (TPSA) is 103 Å². The van der Waals surface area contributed by atoms with Crippen molar-refractivity contribution in [3.8, 4) is 5.75 Å². The van der Waals surface area contributed by atoms with E-state index in [9.17, 15) is 14.7 Å². The van der Waals surface area contributed by atoms with Crippen LogP contribution >= 0.6 is 0 Å². The first kappa shape index (κ1) is 25.3. The van der Waals surface area contributed by atoms with E-state index in [1.165, 1.54) is 16.8 Å². The second kappa shape index (κ2) is 9.96. The lowest BCUT2D eigenvalue weighted by atomic mass is 9.80. The molecular weight excluding hydrogens is 496 g/mol. The Labute approximate surface area is 225 Å². The standard InChI is InChI=1S/C31H30N2O6/c1-37-24-14-12-23(13-15-24)31(21-8-4-2-5-9-21,22-10-6-3-7-11-22)38-20-25-27(35)30(17-18-30)28(39-25)33-19-16-26(34)32-29(33)36/h2-16,19,25,27-28,35H,17-18,20H2,1H3,(H,32,34,36)/t25-,27-,28-/m1/s1. The summed E-state index contributed by atoms with van der Waals surface area (Å²) in [4.78, 5) is 26.5. The summed E-state index contributed by atoms with van der Waals surface area (Å²) >= 11 is 0. The van der Waals surface area contributed by atoms with E-state index in [-0.39, 0.29) is 6.61 Å². The Balaban J connectivity index is 1.40. The molecule has 1 spiro atoms. The first-order valence-corrected chi connectivity index (χ1v) is 13.0. The van der Waals surface area contributed by atoms with Crippen LogP contribution in [0.4, 0.5) is 0 Å². The molecule has 6 rings (SSSR count). The van der Waals surface area contributed by atoms with Gasteiger partial charge < -0.3 is 19.3 Å². The molecule has 1 aliphatic carbocycles. The molecule has 0 bridgehead atoms. The zero-order valence-corrected chi connectivity index (χ0v) is 21.5. The van der Waals surface area contributed by atoms with Crippen molar-refractivity contribution >= 4 is 0 Å². The van der Waals surface area contributed by atoms with Gasteiger partial charge in [0.25, 0.3) is 5.56 Å². The second-order valence-corrected chi connectivity index (χ2v) is 10.2. The lowest BCUT2D eigenvalue weighted by Gasteiger charge is -2.37. The first-order valence-electron chi connectivity index (χ1n) is 13.0. The minimum atomic E-state index is -1.01. The summed E-state index contributed by atoms with van der Waals surface area (Å²) in [6.07, 6.45) is 0.610. The normalized spacial score (nSPS) is 21.6. The van der Waals surface area contributed by atoms with Crippen LogP contribution in [-0.2, 0) is 15.1 Å². The number of rotatable bonds is 8. The van der Waals surface area contributed by atoms with E-state index < -0.39 is 40.7 Å². The number of methoxy groups -OCH3 is 1. The predicted octanol–water partition coefficient (Wildman–Crippen LogP) is 3.59. The number of aliphatic hydroxyl groups is 1. The van der Waals surface area contributed by atoms with Crippen molar-refractivity contribution < 1.29 is 19.3 Å². The van der Waals surface area contributed by atoms with Gasteiger partial charge in [-0.15, -0.1) is 0 Å². The van der Waals surface area contributed by atoms with Crippen LogP contribution in [0.5, 0.6) is 5.75 Å². The summed E-state index contributed by atoms with van der Waals surface area (Å²) in [6, 6.07) is 28.9. The summed E-state index contributed by atoms with van der Waals surface area (Å²) in [5.74, 6) is 0.730. The average Bonchev–Trinajstić information content (AvgIpc) is 3.73. The van der Waals surface area contributed by atoms with E-state index in [0.717, 1.165) is 22.4 Å². The molecule has 2 heterocycles. The van der Waals surface area contributed by atoms with E-state index in [1.54, 1.807) is 7.11 Å². The third-order valence-electron chi connectivity index (χ3n) is 7.99. The van der Waals surface area contributed by atoms with E-state index in [0.29, 0.717) is 12.8 Å². The summed E-state index contributed by atoms with van der Waals surface area (Å²) in [5.41, 5.74) is 0.0811. The lowest BCUT2D eigenvalue weighted by Crippen LogP contribution is -2.39. The highest BCUT2D eigenvalue weighted by Gasteiger charge is 2.64. The van der Waals surface area contributed by atoms with Crippen LogP contribution in [0, 0.1) is 5.41 Å². The van der Waals surface area contributed by atoms with Crippen LogP contribution in [0.2, 0.25) is 0 Å². The van der Waals surface area contributed by atoms with Gasteiger partial charge in [-0.05, 0) is 41.7 Å². The van der Waals surface area contributed by atoms with Gasteiger partial charge in [-0.3, -0.25) is 14.3 Å². The number of benzene rings is 3. The van der Waals surface area contributed by atoms with Gasteiger partial charge in [-0.1, -0.05) is 72.8 Å². The van der Waals surface area contributed by atoms with Crippen molar-refractivity contribution in [2.24, 2.45) is 5.41 Å². The number of aromatic amines is 1. The number of ether oxygens (including phenoxy) is 3. The Kier molecular flexibility index (Phi) is 6.46. The Hall–Kier alpha value is -3.98. The van der Waals surface area contributed by atoms with E-state index in [4.69, 9.17) is 14.2 Å². The number of H-pyrrole nitrogens is 1. The van der Waals surface area contributed by atoms with Gasteiger partial charge in [0.2, 0.25) is 0 Å². The Morgan fingerprint density at radius 2 is 1.51 bits per heavy atom. The molecule has 2 N–H and O–H groups in total. The Morgan fingerprint density at radius 1 is 0.923 bits per heavy atom. The van der Waals surface area contributed by atoms with Crippen molar-refractivity contribution in [1.82, 2.24) is 9.55 Å². The highest BCUT2D eigenvalue weighted by molar-refractivity contribution is 5.48. The fourth-order valence-electron chi connectivity index (χ4n) is 5.79. The average molecular weight is 527 g/mol. The third-order valence-corrected chi connectivity index (χ3v) is 7.99. The van der Waals surface area contributed by atoms with Crippen LogP contribution in [0.1, 0.15) is 35.8 Å². The fourth-order valence-corrected chi connectivity index (χ4v) is 5.79. The molecule has 1 aromatic heterocycles. The molecule has 2 fully saturated rings. The van der Waals surface area contributed by atoms with E-state index >= 15 is 0 Å². The minimum Gasteiger partial charge on any atom is -0.497 e. The van der Waals surface area contributed by atoms with Gasteiger partial charge in [0.05, 0.1) is 19.8 Å². The summed E-state index contributed by atoms with van der Waals surface area (Å²) in [7, 11) is 1.63. The summed E-state index contributed by atoms with van der Waals surface area (Å²) in [5, 5.41) is 11.4. The highest BCUT2D eigenvalue weighted by atomic mass is 16.6. The number of aromatic nitrogens is 2. The van der Waals surface area contributed by atoms with Crippen molar-refractivity contribution in [1.29, 1.82) is 0 Å². The van der Waals surface area contributed by atoms with Crippen LogP contribution in [0.25, 0.3) is 0 Å². The first-order chi connectivity index (χ1) is 19.0. The quantitative estimate of drug-likeness (QED) is 0.340. The number of hydrogen-bond acceptors (Lipinski definition) is 6. The number of hydrogen-bond donors (Lipinski definition) is 2. The molecule has 3 aromatic carbocycles. The number of nitrogens with zero attached hydrogens (tertiary/aromatic N) is 1. The smallest absolute Gasteiger partial charge is 0.330 e. The van der Waals surface area contributed by atoms with Crippen molar-refractivity contribution in [2.45, 2.75) is 36.9 Å². The zero-order valence-electron chi connectivity index (χ0n) is 21.5. The molecule has 200 valence electrons. The Morgan fingerprint density at radius 3 is 2.05 bits per heavy atom. The maximum Gasteiger partial charge on any atom is 0.330 e. The largest absolute Gasteiger partial charge is 0.497 e. The molecular formula is C31H30N2O6. The SMILES string of the molecule is COc1ccc(C(OC[C@H]2O[C@@H](n3ccc(=O)[nH]c3=O)C3(CC3)[C@@H]2O)(c2ccccc2)c2ccccc2)cc1. The van der Waals surface area contributed by atoms with Crippen molar-refractivity contribution in [3.05, 3.63) is 135 Å². The molecule has 1 saturated carbocycles. The number of nitrogens with one attached hydrogen (secondary N) is 1. The van der Waals surface area contributed by atoms with Crippen LogP contribution in [-0.4, -0.2) is 40.6 Å². The minimum absolute atomic E-state index is 0.0628. The fraction of sp³-hybridized carbons (Fsp3) is 0.290. The molecule has 8 nitrogen and oxygen atoms in total. The summed E-state index contributed by atoms with van der Waals surface area (Å²) < 4.78 is 20.0. The van der Waals surface area contributed by atoms with Crippen LogP contribution < -0.4 is 16.0 Å². The second-order valence-electron chi connectivity index (χ2n) is 10.2. The predicted molar refractivity (Wildman–Crippen MR) is 145 cm³/mol. The van der Waals surface area contributed by atoms with Gasteiger partial charge in [0, 0.05) is 17.7 Å². The molecule has 2 aliphatic rings. The monoisotopic (exact) mass is 526 g/mol.